The molecule has 5 heteroatoms. The highest BCUT2D eigenvalue weighted by molar-refractivity contribution is 7.03. The van der Waals surface area contributed by atoms with Crippen molar-refractivity contribution in [1.82, 2.24) is 0 Å². The summed E-state index contributed by atoms with van der Waals surface area (Å²) in [6, 6.07) is 58.3. The fraction of sp³-hybridized carbons (Fsp3) is 0. The fourth-order valence-corrected chi connectivity index (χ4v) is 11.9. The number of carbonyl (C=O) groups excluding carboxylic acids is 1. The van der Waals surface area contributed by atoms with E-state index in [2.05, 4.69) is 168 Å². The number of fused-ring (bicyclic) bond motifs is 13. The maximum atomic E-state index is 16.3. The molecule has 10 aromatic carbocycles. The van der Waals surface area contributed by atoms with E-state index < -0.39 is 0 Å². The van der Waals surface area contributed by atoms with Crippen molar-refractivity contribution in [3.8, 4) is 22.3 Å². The quantitative estimate of drug-likeness (QED) is 0.145. The third-order valence-electron chi connectivity index (χ3n) is 13.9. The summed E-state index contributed by atoms with van der Waals surface area (Å²) in [7, 11) is 0. The average molecular weight is 704 g/mol. The van der Waals surface area contributed by atoms with Crippen LogP contribution < -0.4 is 42.6 Å². The Hall–Kier alpha value is -7.10. The number of hydrogen-bond donors (Lipinski definition) is 0. The second kappa shape index (κ2) is 9.39. The maximum Gasteiger partial charge on any atom is 0.338 e. The van der Waals surface area contributed by atoms with Gasteiger partial charge in [0.25, 0.3) is 0 Å². The van der Waals surface area contributed by atoms with Crippen molar-refractivity contribution in [2.75, 3.05) is 9.80 Å². The third kappa shape index (κ3) is 3.02. The van der Waals surface area contributed by atoms with Gasteiger partial charge in [-0.25, -0.2) is 4.79 Å². The normalized spacial score (nSPS) is 14.7. The van der Waals surface area contributed by atoms with Crippen LogP contribution in [-0.4, -0.2) is 19.5 Å². The van der Waals surface area contributed by atoms with Crippen molar-refractivity contribution in [2.45, 2.75) is 0 Å². The van der Waals surface area contributed by atoms with E-state index in [1.54, 1.807) is 0 Å². The van der Waals surface area contributed by atoms with Crippen LogP contribution in [0.2, 0.25) is 0 Å². The Bertz CT molecular complexity index is 3600. The van der Waals surface area contributed by atoms with Gasteiger partial charge < -0.3 is 0 Å². The molecule has 0 saturated heterocycles. The molecule has 0 aliphatic carbocycles. The van der Waals surface area contributed by atoms with Crippen molar-refractivity contribution >= 4 is 129 Å². The fourth-order valence-electron chi connectivity index (χ4n) is 11.9. The molecular weight excluding hydrogens is 678 g/mol. The SMILES string of the molecule is O=C1N2c3c4c(cc5ccccc35)-c3cccc5cccc(c35)B4c3ccc4cc5c6c(c4c32)N1c1c(ccc2ccccc12)B6c1cccc2cccc-5c12. The average Bonchev–Trinajstić information content (AvgIpc) is 3.25. The summed E-state index contributed by atoms with van der Waals surface area (Å²) in [5, 5.41) is 12.0. The van der Waals surface area contributed by atoms with Gasteiger partial charge in [-0.15, -0.1) is 0 Å². The summed E-state index contributed by atoms with van der Waals surface area (Å²) >= 11 is 0. The molecule has 0 bridgehead atoms. The van der Waals surface area contributed by atoms with Crippen LogP contribution in [0.3, 0.4) is 0 Å². The van der Waals surface area contributed by atoms with Crippen LogP contribution in [0.4, 0.5) is 27.5 Å². The summed E-state index contributed by atoms with van der Waals surface area (Å²) in [4.78, 5) is 20.6. The number of benzene rings is 10. The summed E-state index contributed by atoms with van der Waals surface area (Å²) in [6.07, 6.45) is 0. The van der Waals surface area contributed by atoms with Gasteiger partial charge in [-0.1, -0.05) is 157 Å². The lowest BCUT2D eigenvalue weighted by molar-refractivity contribution is 0.255. The molecule has 5 aliphatic rings. The lowest BCUT2D eigenvalue weighted by Crippen LogP contribution is -2.65. The van der Waals surface area contributed by atoms with Crippen molar-refractivity contribution < 1.29 is 4.79 Å². The topological polar surface area (TPSA) is 23.6 Å². The summed E-state index contributed by atoms with van der Waals surface area (Å²) < 4.78 is 0. The van der Waals surface area contributed by atoms with Crippen molar-refractivity contribution in [2.24, 2.45) is 0 Å². The van der Waals surface area contributed by atoms with Crippen LogP contribution in [-0.2, 0) is 0 Å². The Morgan fingerprint density at radius 2 is 0.839 bits per heavy atom. The molecule has 0 aromatic heterocycles. The lowest BCUT2D eigenvalue weighted by atomic mass is 9.31. The minimum Gasteiger partial charge on any atom is -0.262 e. The molecule has 3 nitrogen and oxygen atoms in total. The maximum absolute atomic E-state index is 16.3. The third-order valence-corrected chi connectivity index (χ3v) is 13.9. The Morgan fingerprint density at radius 1 is 0.339 bits per heavy atom. The second-order valence-electron chi connectivity index (χ2n) is 16.2. The van der Waals surface area contributed by atoms with Crippen molar-refractivity contribution in [1.29, 1.82) is 0 Å². The molecule has 252 valence electrons. The smallest absolute Gasteiger partial charge is 0.262 e. The van der Waals surface area contributed by atoms with Crippen LogP contribution in [0.5, 0.6) is 0 Å². The van der Waals surface area contributed by atoms with E-state index in [1.807, 2.05) is 0 Å². The van der Waals surface area contributed by atoms with Gasteiger partial charge in [0.15, 0.2) is 0 Å². The predicted molar refractivity (Wildman–Crippen MR) is 237 cm³/mol. The highest BCUT2D eigenvalue weighted by atomic mass is 16.2. The van der Waals surface area contributed by atoms with Gasteiger partial charge in [0, 0.05) is 16.2 Å². The van der Waals surface area contributed by atoms with Crippen LogP contribution in [0.15, 0.2) is 158 Å². The number of rotatable bonds is 0. The summed E-state index contributed by atoms with van der Waals surface area (Å²) in [5.41, 5.74) is 16.5. The number of urea groups is 1. The first kappa shape index (κ1) is 28.4. The monoisotopic (exact) mass is 704 g/mol. The van der Waals surface area contributed by atoms with Gasteiger partial charge in [0.1, 0.15) is 0 Å². The van der Waals surface area contributed by atoms with Gasteiger partial charge in [0.2, 0.25) is 13.4 Å². The molecule has 56 heavy (non-hydrogen) atoms. The standard InChI is InChI=1S/C51H26B2N2O/c56-51-54-47-32-15-3-1-9-27(32)21-23-40(47)52-38-19-7-13-29-12-6-18-35(43(29)38)37-26-31-22-24-41-49(44(31)50(54)46(37)52)55(51)48-33-16-4-2-10-30(33)25-36-34-17-5-11-28-14-8-20-39(42(28)34)53(41)45(36)48/h1-26H. The first-order valence-electron chi connectivity index (χ1n) is 19.6. The summed E-state index contributed by atoms with van der Waals surface area (Å²) in [5.74, 6) is 0. The molecule has 5 heterocycles. The van der Waals surface area contributed by atoms with E-state index in [9.17, 15) is 0 Å². The Balaban J connectivity index is 1.18. The van der Waals surface area contributed by atoms with E-state index in [0.29, 0.717) is 0 Å². The number of anilines is 4. The van der Waals surface area contributed by atoms with Crippen LogP contribution >= 0.6 is 0 Å². The van der Waals surface area contributed by atoms with E-state index in [1.165, 1.54) is 82.0 Å². The van der Waals surface area contributed by atoms with Gasteiger partial charge in [0.05, 0.1) is 22.7 Å². The van der Waals surface area contributed by atoms with E-state index in [0.717, 1.165) is 49.7 Å². The molecule has 0 N–H and O–H groups in total. The number of nitrogens with zero attached hydrogens (tertiary/aromatic N) is 2. The molecule has 5 aliphatic heterocycles. The van der Waals surface area contributed by atoms with Gasteiger partial charge in [-0.3, -0.25) is 9.80 Å². The van der Waals surface area contributed by atoms with Crippen LogP contribution in [0, 0.1) is 0 Å². The van der Waals surface area contributed by atoms with Gasteiger partial charge in [-0.05, 0) is 93.9 Å². The minimum atomic E-state index is -0.0246. The summed E-state index contributed by atoms with van der Waals surface area (Å²) in [6.45, 7) is -0.0453. The van der Waals surface area contributed by atoms with Crippen molar-refractivity contribution in [3.63, 3.8) is 0 Å². The number of amides is 2. The molecule has 0 spiro atoms. The van der Waals surface area contributed by atoms with Crippen LogP contribution in [0.1, 0.15) is 0 Å². The molecule has 0 atom stereocenters. The molecule has 0 fully saturated rings. The Kier molecular flexibility index (Phi) is 4.76. The van der Waals surface area contributed by atoms with Gasteiger partial charge >= 0.3 is 6.03 Å². The first-order valence-corrected chi connectivity index (χ1v) is 19.6. The highest BCUT2D eigenvalue weighted by Gasteiger charge is 2.52. The molecule has 0 radical (unpaired) electrons. The minimum absolute atomic E-state index is 0.0122. The second-order valence-corrected chi connectivity index (χ2v) is 16.2. The molecular formula is C51H26B2N2O. The zero-order valence-corrected chi connectivity index (χ0v) is 30.0. The molecule has 10 aromatic rings. The van der Waals surface area contributed by atoms with E-state index in [-0.39, 0.29) is 19.5 Å². The van der Waals surface area contributed by atoms with E-state index in [4.69, 9.17) is 0 Å². The first-order chi connectivity index (χ1) is 27.7. The zero-order chi connectivity index (χ0) is 36.1. The molecule has 2 amide bonds. The molecule has 0 saturated carbocycles. The zero-order valence-electron chi connectivity index (χ0n) is 30.0. The Labute approximate surface area is 322 Å². The largest absolute Gasteiger partial charge is 0.338 e. The van der Waals surface area contributed by atoms with Crippen LogP contribution in [0.25, 0.3) is 76.1 Å². The lowest BCUT2D eigenvalue weighted by Gasteiger charge is -2.49. The Morgan fingerprint density at radius 3 is 1.52 bits per heavy atom. The number of hydrogen-bond acceptors (Lipinski definition) is 1. The van der Waals surface area contributed by atoms with E-state index >= 15 is 4.79 Å². The van der Waals surface area contributed by atoms with Crippen molar-refractivity contribution in [3.05, 3.63) is 158 Å². The molecule has 15 rings (SSSR count). The predicted octanol–water partition coefficient (Wildman–Crippen LogP) is 8.48. The molecule has 0 unspecified atom stereocenters. The number of carbonyl (C=O) groups is 1. The van der Waals surface area contributed by atoms with Gasteiger partial charge in [-0.2, -0.15) is 0 Å². The highest BCUT2D eigenvalue weighted by Crippen LogP contribution is 2.53.